The van der Waals surface area contributed by atoms with Crippen molar-refractivity contribution in [1.29, 1.82) is 0 Å². The SMILES string of the molecule is NNC(c1cc2ccc(F)cc2s1)c1cc(F)ccc1Cl. The summed E-state index contributed by atoms with van der Waals surface area (Å²) >= 11 is 7.52. The highest BCUT2D eigenvalue weighted by Gasteiger charge is 2.19. The smallest absolute Gasteiger partial charge is 0.124 e. The van der Waals surface area contributed by atoms with E-state index in [4.69, 9.17) is 17.4 Å². The van der Waals surface area contributed by atoms with Crippen LogP contribution in [0.25, 0.3) is 10.1 Å². The van der Waals surface area contributed by atoms with Crippen molar-refractivity contribution in [3.05, 3.63) is 69.6 Å². The Kier molecular flexibility index (Phi) is 3.91. The van der Waals surface area contributed by atoms with Crippen LogP contribution in [0.4, 0.5) is 8.78 Å². The van der Waals surface area contributed by atoms with E-state index < -0.39 is 6.04 Å². The molecule has 2 nitrogen and oxygen atoms in total. The van der Waals surface area contributed by atoms with E-state index in [1.807, 2.05) is 6.07 Å². The number of fused-ring (bicyclic) bond motifs is 1. The molecule has 108 valence electrons. The van der Waals surface area contributed by atoms with E-state index in [-0.39, 0.29) is 11.6 Å². The van der Waals surface area contributed by atoms with Crippen LogP contribution in [0.15, 0.2) is 42.5 Å². The van der Waals surface area contributed by atoms with Gasteiger partial charge in [0, 0.05) is 14.6 Å². The van der Waals surface area contributed by atoms with Gasteiger partial charge < -0.3 is 0 Å². The number of hydrogen-bond donors (Lipinski definition) is 2. The molecule has 0 radical (unpaired) electrons. The van der Waals surface area contributed by atoms with Crippen molar-refractivity contribution < 1.29 is 8.78 Å². The topological polar surface area (TPSA) is 38.0 Å². The van der Waals surface area contributed by atoms with Crippen molar-refractivity contribution in [2.45, 2.75) is 6.04 Å². The van der Waals surface area contributed by atoms with Gasteiger partial charge in [0.25, 0.3) is 0 Å². The van der Waals surface area contributed by atoms with E-state index in [1.165, 1.54) is 41.7 Å². The summed E-state index contributed by atoms with van der Waals surface area (Å²) in [6.07, 6.45) is 0. The minimum Gasteiger partial charge on any atom is -0.271 e. The molecule has 0 saturated heterocycles. The van der Waals surface area contributed by atoms with Crippen LogP contribution in [0, 0.1) is 11.6 Å². The number of hydrogen-bond acceptors (Lipinski definition) is 3. The van der Waals surface area contributed by atoms with Gasteiger partial charge in [-0.05, 0) is 47.3 Å². The van der Waals surface area contributed by atoms with E-state index in [1.54, 1.807) is 6.07 Å². The second-order valence-electron chi connectivity index (χ2n) is 4.60. The summed E-state index contributed by atoms with van der Waals surface area (Å²) in [7, 11) is 0. The summed E-state index contributed by atoms with van der Waals surface area (Å²) in [5, 5.41) is 1.33. The predicted molar refractivity (Wildman–Crippen MR) is 82.4 cm³/mol. The summed E-state index contributed by atoms with van der Waals surface area (Å²) in [6.45, 7) is 0. The maximum absolute atomic E-state index is 13.4. The van der Waals surface area contributed by atoms with Gasteiger partial charge in [-0.1, -0.05) is 17.7 Å². The molecule has 3 rings (SSSR count). The van der Waals surface area contributed by atoms with Gasteiger partial charge >= 0.3 is 0 Å². The van der Waals surface area contributed by atoms with E-state index in [0.717, 1.165) is 15.0 Å². The molecule has 1 heterocycles. The van der Waals surface area contributed by atoms with Crippen LogP contribution in [0.2, 0.25) is 5.02 Å². The molecule has 0 bridgehead atoms. The lowest BCUT2D eigenvalue weighted by Gasteiger charge is -2.16. The van der Waals surface area contributed by atoms with E-state index in [9.17, 15) is 8.78 Å². The van der Waals surface area contributed by atoms with Crippen molar-refractivity contribution in [2.24, 2.45) is 5.84 Å². The summed E-state index contributed by atoms with van der Waals surface area (Å²) in [5.41, 5.74) is 3.19. The van der Waals surface area contributed by atoms with Gasteiger partial charge in [-0.15, -0.1) is 11.3 Å². The first-order chi connectivity index (χ1) is 10.1. The molecule has 0 aliphatic rings. The van der Waals surface area contributed by atoms with E-state index in [0.29, 0.717) is 10.6 Å². The predicted octanol–water partition coefficient (Wildman–Crippen LogP) is 4.39. The molecule has 1 aromatic heterocycles. The summed E-state index contributed by atoms with van der Waals surface area (Å²) in [6, 6.07) is 10.1. The average Bonchev–Trinajstić information content (AvgIpc) is 2.86. The lowest BCUT2D eigenvalue weighted by Crippen LogP contribution is -2.28. The Morgan fingerprint density at radius 3 is 2.52 bits per heavy atom. The van der Waals surface area contributed by atoms with Gasteiger partial charge in [-0.3, -0.25) is 5.84 Å². The Morgan fingerprint density at radius 2 is 1.76 bits per heavy atom. The first-order valence-corrected chi connectivity index (χ1v) is 7.38. The Morgan fingerprint density at radius 1 is 1.05 bits per heavy atom. The summed E-state index contributed by atoms with van der Waals surface area (Å²) in [5.74, 6) is 4.93. The summed E-state index contributed by atoms with van der Waals surface area (Å²) in [4.78, 5) is 0.839. The molecule has 0 fully saturated rings. The van der Waals surface area contributed by atoms with Gasteiger partial charge in [-0.2, -0.15) is 0 Å². The lowest BCUT2D eigenvalue weighted by molar-refractivity contribution is 0.609. The molecule has 3 aromatic rings. The first-order valence-electron chi connectivity index (χ1n) is 6.18. The zero-order valence-electron chi connectivity index (χ0n) is 10.7. The minimum atomic E-state index is -0.450. The number of nitrogens with two attached hydrogens (primary N) is 1. The highest BCUT2D eigenvalue weighted by Crippen LogP contribution is 2.35. The number of rotatable bonds is 3. The van der Waals surface area contributed by atoms with Crippen LogP contribution in [0.3, 0.4) is 0 Å². The monoisotopic (exact) mass is 324 g/mol. The Hall–Kier alpha value is -1.53. The Labute approximate surface area is 129 Å². The molecule has 0 aliphatic heterocycles. The molecule has 2 aromatic carbocycles. The number of thiophene rings is 1. The fraction of sp³-hybridized carbons (Fsp3) is 0.0667. The molecular weight excluding hydrogens is 314 g/mol. The molecule has 0 aliphatic carbocycles. The van der Waals surface area contributed by atoms with Crippen LogP contribution in [-0.4, -0.2) is 0 Å². The Bertz CT molecular complexity index is 803. The molecule has 3 N–H and O–H groups in total. The van der Waals surface area contributed by atoms with Gasteiger partial charge in [0.15, 0.2) is 0 Å². The van der Waals surface area contributed by atoms with Crippen molar-refractivity contribution in [1.82, 2.24) is 5.43 Å². The fourth-order valence-corrected chi connectivity index (χ4v) is 3.62. The molecule has 0 saturated carbocycles. The van der Waals surface area contributed by atoms with Crippen LogP contribution >= 0.6 is 22.9 Å². The van der Waals surface area contributed by atoms with Crippen LogP contribution in [0.1, 0.15) is 16.5 Å². The maximum Gasteiger partial charge on any atom is 0.124 e. The highest BCUT2D eigenvalue weighted by molar-refractivity contribution is 7.19. The number of hydrazine groups is 1. The maximum atomic E-state index is 13.4. The second-order valence-corrected chi connectivity index (χ2v) is 6.12. The van der Waals surface area contributed by atoms with Gasteiger partial charge in [0.1, 0.15) is 11.6 Å². The molecular formula is C15H11ClF2N2S. The fourth-order valence-electron chi connectivity index (χ4n) is 2.23. The van der Waals surface area contributed by atoms with E-state index >= 15 is 0 Å². The molecule has 1 atom stereocenters. The number of halogens is 3. The molecule has 0 amide bonds. The van der Waals surface area contributed by atoms with Crippen LogP contribution in [-0.2, 0) is 0 Å². The quantitative estimate of drug-likeness (QED) is 0.554. The van der Waals surface area contributed by atoms with Crippen molar-refractivity contribution >= 4 is 33.0 Å². The van der Waals surface area contributed by atoms with Crippen LogP contribution < -0.4 is 11.3 Å². The third-order valence-corrected chi connectivity index (χ3v) is 4.73. The Balaban J connectivity index is 2.11. The van der Waals surface area contributed by atoms with Gasteiger partial charge in [-0.25, -0.2) is 14.2 Å². The largest absolute Gasteiger partial charge is 0.271 e. The van der Waals surface area contributed by atoms with Crippen molar-refractivity contribution in [3.8, 4) is 0 Å². The molecule has 0 spiro atoms. The zero-order valence-corrected chi connectivity index (χ0v) is 12.3. The van der Waals surface area contributed by atoms with Crippen LogP contribution in [0.5, 0.6) is 0 Å². The van der Waals surface area contributed by atoms with Gasteiger partial charge in [0.2, 0.25) is 0 Å². The third-order valence-electron chi connectivity index (χ3n) is 3.22. The molecule has 6 heteroatoms. The van der Waals surface area contributed by atoms with Gasteiger partial charge in [0.05, 0.1) is 6.04 Å². The summed E-state index contributed by atoms with van der Waals surface area (Å²) < 4.78 is 27.5. The second kappa shape index (κ2) is 5.69. The number of benzene rings is 2. The van der Waals surface area contributed by atoms with E-state index in [2.05, 4.69) is 5.43 Å². The normalized spacial score (nSPS) is 12.8. The van der Waals surface area contributed by atoms with Crippen molar-refractivity contribution in [3.63, 3.8) is 0 Å². The lowest BCUT2D eigenvalue weighted by atomic mass is 10.1. The minimum absolute atomic E-state index is 0.294. The highest BCUT2D eigenvalue weighted by atomic mass is 35.5. The first kappa shape index (κ1) is 14.4. The third kappa shape index (κ3) is 2.78. The molecule has 1 unspecified atom stereocenters. The number of nitrogens with one attached hydrogen (secondary N) is 1. The average molecular weight is 325 g/mol. The molecule has 21 heavy (non-hydrogen) atoms. The zero-order chi connectivity index (χ0) is 15.0. The standard InChI is InChI=1S/C15H11ClF2N2S/c16-12-4-3-9(17)6-11(12)15(20-19)14-5-8-1-2-10(18)7-13(8)21-14/h1-7,15,20H,19H2. The van der Waals surface area contributed by atoms with Crippen molar-refractivity contribution in [2.75, 3.05) is 0 Å².